The van der Waals surface area contributed by atoms with Gasteiger partial charge in [0.15, 0.2) is 0 Å². The maximum absolute atomic E-state index is 13.3. The number of sulfonamides is 4. The molecule has 2 aliphatic carbocycles. The van der Waals surface area contributed by atoms with Crippen molar-refractivity contribution >= 4 is 74.1 Å². The van der Waals surface area contributed by atoms with Crippen LogP contribution in [0.15, 0.2) is 92.0 Å². The van der Waals surface area contributed by atoms with E-state index in [2.05, 4.69) is 9.80 Å². The lowest BCUT2D eigenvalue weighted by Gasteiger charge is -2.44. The third-order valence-electron chi connectivity index (χ3n) is 14.0. The van der Waals surface area contributed by atoms with E-state index in [9.17, 15) is 43.9 Å². The minimum Gasteiger partial charge on any atom is -0.386 e. The summed E-state index contributed by atoms with van der Waals surface area (Å²) in [6.45, 7) is 10.2. The Hall–Kier alpha value is -3.00. The Kier molecular flexibility index (Phi) is 17.1. The highest BCUT2D eigenvalue weighted by molar-refractivity contribution is 7.91. The first-order valence-electron chi connectivity index (χ1n) is 23.9. The zero-order chi connectivity index (χ0) is 50.9. The summed E-state index contributed by atoms with van der Waals surface area (Å²) in [5, 5.41) is 24.1. The van der Waals surface area contributed by atoms with Gasteiger partial charge in [-0.1, -0.05) is 49.2 Å². The van der Waals surface area contributed by atoms with Crippen molar-refractivity contribution in [2.24, 2.45) is 11.8 Å². The van der Waals surface area contributed by atoms with E-state index in [1.165, 1.54) is 52.4 Å². The van der Waals surface area contributed by atoms with Crippen molar-refractivity contribution in [2.75, 3.05) is 87.8 Å². The molecule has 22 heteroatoms. The largest absolute Gasteiger partial charge is 0.386 e. The van der Waals surface area contributed by atoms with E-state index in [-0.39, 0.29) is 38.3 Å². The predicted octanol–water partition coefficient (Wildman–Crippen LogP) is 5.83. The molecule has 0 bridgehead atoms. The molecule has 0 radical (unpaired) electrons. The topological polar surface area (TPSA) is 196 Å². The van der Waals surface area contributed by atoms with Gasteiger partial charge in [0.2, 0.25) is 20.0 Å². The van der Waals surface area contributed by atoms with Crippen molar-refractivity contribution in [3.63, 3.8) is 0 Å². The fraction of sp³-hybridized carbons (Fsp3) is 0.583. The maximum atomic E-state index is 13.3. The summed E-state index contributed by atoms with van der Waals surface area (Å²) in [5.74, 6) is 0.720. The normalized spacial score (nSPS) is 20.8. The molecule has 2 atom stereocenters. The van der Waals surface area contributed by atoms with Gasteiger partial charge in [0.25, 0.3) is 20.0 Å². The Bertz CT molecular complexity index is 2600. The highest BCUT2D eigenvalue weighted by atomic mass is 32.3. The first-order chi connectivity index (χ1) is 32.7. The lowest BCUT2D eigenvalue weighted by atomic mass is 9.85. The van der Waals surface area contributed by atoms with Gasteiger partial charge in [0, 0.05) is 76.8 Å². The summed E-state index contributed by atoms with van der Waals surface area (Å²) >= 11 is 2.38. The van der Waals surface area contributed by atoms with Crippen LogP contribution in [0.2, 0.25) is 0 Å². The number of thiophene rings is 2. The summed E-state index contributed by atoms with van der Waals surface area (Å²) < 4.78 is 110. The molecule has 4 aromatic rings. The van der Waals surface area contributed by atoms with E-state index in [0.29, 0.717) is 59.5 Å². The van der Waals surface area contributed by atoms with Crippen molar-refractivity contribution in [1.29, 1.82) is 0 Å². The highest BCUT2D eigenvalue weighted by Gasteiger charge is 2.40. The van der Waals surface area contributed by atoms with Crippen LogP contribution in [0.5, 0.6) is 0 Å². The van der Waals surface area contributed by atoms with Crippen LogP contribution in [0.1, 0.15) is 77.3 Å². The minimum absolute atomic E-state index is 0.199. The first-order valence-corrected chi connectivity index (χ1v) is 32.2. The third kappa shape index (κ3) is 13.4. The number of piperazine rings is 2. The molecule has 4 heterocycles. The van der Waals surface area contributed by atoms with Crippen LogP contribution in [0.25, 0.3) is 0 Å². The molecule has 0 spiro atoms. The molecule has 4 fully saturated rings. The minimum atomic E-state index is -3.65. The molecule has 16 nitrogen and oxygen atoms in total. The van der Waals surface area contributed by atoms with Crippen LogP contribution in [-0.4, -0.2) is 151 Å². The summed E-state index contributed by atoms with van der Waals surface area (Å²) in [6, 6.07) is 21.1. The van der Waals surface area contributed by atoms with Crippen LogP contribution in [0, 0.1) is 11.8 Å². The number of hydrogen-bond acceptors (Lipinski definition) is 14. The quantitative estimate of drug-likeness (QED) is 0.121. The van der Waals surface area contributed by atoms with E-state index in [0.717, 1.165) is 61.0 Å². The van der Waals surface area contributed by atoms with Gasteiger partial charge in [-0.15, -0.1) is 22.7 Å². The van der Waals surface area contributed by atoms with Gasteiger partial charge >= 0.3 is 0 Å². The summed E-state index contributed by atoms with van der Waals surface area (Å²) in [6.07, 6.45) is 8.81. The first kappa shape index (κ1) is 54.8. The molecular formula is C48H70N6O10S6. The van der Waals surface area contributed by atoms with E-state index < -0.39 is 51.3 Å². The van der Waals surface area contributed by atoms with E-state index >= 15 is 0 Å². The second-order valence-electron chi connectivity index (χ2n) is 20.3. The Morgan fingerprint density at radius 1 is 0.529 bits per heavy atom. The molecule has 2 N–H and O–H groups in total. The lowest BCUT2D eigenvalue weighted by Crippen LogP contribution is -2.59. The van der Waals surface area contributed by atoms with Crippen molar-refractivity contribution in [3.8, 4) is 0 Å². The van der Waals surface area contributed by atoms with E-state index in [1.54, 1.807) is 62.7 Å². The third-order valence-corrected chi connectivity index (χ3v) is 23.0. The number of hydrogen-bond donors (Lipinski definition) is 2. The molecule has 0 amide bonds. The highest BCUT2D eigenvalue weighted by Crippen LogP contribution is 2.34. The van der Waals surface area contributed by atoms with Gasteiger partial charge in [-0.3, -0.25) is 0 Å². The zero-order valence-corrected chi connectivity index (χ0v) is 45.9. The van der Waals surface area contributed by atoms with Crippen LogP contribution < -0.4 is 9.80 Å². The summed E-state index contributed by atoms with van der Waals surface area (Å²) in [4.78, 5) is 4.21. The Labute approximate surface area is 424 Å². The Morgan fingerprint density at radius 2 is 0.871 bits per heavy atom. The predicted molar refractivity (Wildman–Crippen MR) is 279 cm³/mol. The van der Waals surface area contributed by atoms with Gasteiger partial charge < -0.3 is 20.0 Å². The molecule has 388 valence electrons. The van der Waals surface area contributed by atoms with E-state index in [1.807, 2.05) is 48.5 Å². The van der Waals surface area contributed by atoms with Gasteiger partial charge in [-0.05, 0) is 123 Å². The van der Waals surface area contributed by atoms with Crippen LogP contribution in [-0.2, 0) is 51.3 Å². The second kappa shape index (κ2) is 21.8. The summed E-state index contributed by atoms with van der Waals surface area (Å²) in [5.41, 5.74) is 1.38. The molecule has 8 rings (SSSR count). The van der Waals surface area contributed by atoms with Crippen LogP contribution in [0.3, 0.4) is 0 Å². The number of nitrogens with zero attached hydrogens (tertiary/aromatic N) is 6. The second-order valence-corrected chi connectivity index (χ2v) is 30.4. The number of aliphatic hydroxyl groups is 2. The number of rotatable bonds is 18. The SMILES string of the molecule is CC(C)(O)c1ccc(N2CCN(S(=O)(=O)c3cccs3)C[C@@H]2CN(CC2CCC2)S(C)(=O)=O)cc1.CC(C)(O)c1ccc(N2CCN(S(=O)(=O)c3cccs3)C[C@@H]2CN(CC2CCC2)S(C)(=O)=O)cc1. The molecule has 2 aromatic heterocycles. The van der Waals surface area contributed by atoms with Crippen molar-refractivity contribution < 1.29 is 43.9 Å². The Balaban J connectivity index is 0.000000206. The fourth-order valence-corrected chi connectivity index (χ4v) is 16.4. The van der Waals surface area contributed by atoms with Crippen molar-refractivity contribution in [2.45, 2.75) is 97.9 Å². The van der Waals surface area contributed by atoms with Gasteiger partial charge in [-0.2, -0.15) is 17.2 Å². The average molecular weight is 1080 g/mol. The van der Waals surface area contributed by atoms with Crippen molar-refractivity contribution in [3.05, 3.63) is 94.7 Å². The molecule has 0 unspecified atom stereocenters. The average Bonchev–Trinajstić information content (AvgIpc) is 4.01. The fourth-order valence-electron chi connectivity index (χ4n) is 9.37. The van der Waals surface area contributed by atoms with E-state index in [4.69, 9.17) is 0 Å². The molecule has 2 aliphatic heterocycles. The number of benzene rings is 2. The number of anilines is 2. The molecule has 70 heavy (non-hydrogen) atoms. The molecule has 2 aromatic carbocycles. The van der Waals surface area contributed by atoms with Gasteiger partial charge in [0.05, 0.1) is 35.8 Å². The molecule has 2 saturated heterocycles. The van der Waals surface area contributed by atoms with Crippen LogP contribution >= 0.6 is 22.7 Å². The smallest absolute Gasteiger partial charge is 0.252 e. The monoisotopic (exact) mass is 1080 g/mol. The standard InChI is InChI=1S/2C24H35N3O5S3/c2*1-24(2,28)20-9-11-21(12-10-20)27-14-13-25(35(31,32)23-8-5-15-33-23)17-22(27)18-26(34(3,29)30)16-19-6-4-7-19/h2*5,8-12,15,19,22,28H,4,6-7,13-14,16-18H2,1-3H3/t2*22-/m11/s1. The zero-order valence-electron chi connectivity index (χ0n) is 41.0. The van der Waals surface area contributed by atoms with Crippen molar-refractivity contribution in [1.82, 2.24) is 17.2 Å². The van der Waals surface area contributed by atoms with Gasteiger partial charge in [-0.25, -0.2) is 33.7 Å². The lowest BCUT2D eigenvalue weighted by molar-refractivity contribution is 0.0780. The molecule has 4 aliphatic rings. The molecular weight excluding hydrogens is 1010 g/mol. The van der Waals surface area contributed by atoms with Crippen LogP contribution in [0.4, 0.5) is 11.4 Å². The maximum Gasteiger partial charge on any atom is 0.252 e. The summed E-state index contributed by atoms with van der Waals surface area (Å²) in [7, 11) is -14.2. The Morgan fingerprint density at radius 3 is 1.13 bits per heavy atom. The molecule has 2 saturated carbocycles. The van der Waals surface area contributed by atoms with Gasteiger partial charge in [0.1, 0.15) is 8.42 Å².